The van der Waals surface area contributed by atoms with Crippen LogP contribution in [-0.4, -0.2) is 37.9 Å². The molecule has 0 aliphatic rings. The van der Waals surface area contributed by atoms with E-state index in [-0.39, 0.29) is 25.2 Å². The van der Waals surface area contributed by atoms with Gasteiger partial charge in [0, 0.05) is 19.4 Å². The van der Waals surface area contributed by atoms with Gasteiger partial charge in [0.05, 0.1) is 6.61 Å². The standard InChI is InChI=1S/C63H108O5/c1-4-7-10-13-16-19-22-25-28-31-32-34-36-39-42-45-48-51-54-57-63(65)68-61(59-66-58-55-52-49-46-43-40-37-30-27-24-21-18-15-12-9-6-3)60-67-62(64)56-53-50-47-44-41-38-35-33-29-26-23-20-17-14-11-8-5-2/h7,10,16,19,25-26,28-29,32,34-35,38-39,42,44,47,61H,4-6,8-9,11-15,17-18,20-24,27,30-31,33,36-37,40-41,43,45-46,48-60H2,1-3H3/b10-7-,19-16-,28-25-,29-26-,34-32-,38-35-,42-39-,47-44-/t61-/m1/s1. The summed E-state index contributed by atoms with van der Waals surface area (Å²) in [6.45, 7) is 7.64. The van der Waals surface area contributed by atoms with Gasteiger partial charge in [0.25, 0.3) is 0 Å². The maximum atomic E-state index is 12.9. The number of carbonyl (C=O) groups is 2. The Labute approximate surface area is 422 Å². The lowest BCUT2D eigenvalue weighted by Gasteiger charge is -2.18. The fraction of sp³-hybridized carbons (Fsp3) is 0.714. The molecule has 0 rings (SSSR count). The molecule has 0 unspecified atom stereocenters. The van der Waals surface area contributed by atoms with Gasteiger partial charge in [-0.1, -0.05) is 253 Å². The van der Waals surface area contributed by atoms with Crippen LogP contribution in [0.25, 0.3) is 0 Å². The predicted molar refractivity (Wildman–Crippen MR) is 297 cm³/mol. The van der Waals surface area contributed by atoms with Crippen molar-refractivity contribution in [2.75, 3.05) is 19.8 Å². The van der Waals surface area contributed by atoms with Crippen LogP contribution in [-0.2, 0) is 23.8 Å². The fourth-order valence-electron chi connectivity index (χ4n) is 7.85. The third kappa shape index (κ3) is 55.4. The highest BCUT2D eigenvalue weighted by atomic mass is 16.6. The second-order valence-corrected chi connectivity index (χ2v) is 18.8. The lowest BCUT2D eigenvalue weighted by Crippen LogP contribution is -2.30. The summed E-state index contributed by atoms with van der Waals surface area (Å²) in [6.07, 6.45) is 78.6. The van der Waals surface area contributed by atoms with Crippen molar-refractivity contribution in [3.8, 4) is 0 Å². The van der Waals surface area contributed by atoms with Gasteiger partial charge in [-0.05, 0) is 96.3 Å². The number of hydrogen-bond donors (Lipinski definition) is 0. The Morgan fingerprint density at radius 3 is 1.10 bits per heavy atom. The van der Waals surface area contributed by atoms with Gasteiger partial charge in [0.2, 0.25) is 0 Å². The first kappa shape index (κ1) is 64.8. The van der Waals surface area contributed by atoms with Crippen LogP contribution in [0, 0.1) is 0 Å². The molecule has 0 aliphatic carbocycles. The Morgan fingerprint density at radius 1 is 0.338 bits per heavy atom. The summed E-state index contributed by atoms with van der Waals surface area (Å²) in [5.74, 6) is -0.491. The summed E-state index contributed by atoms with van der Waals surface area (Å²) in [5, 5.41) is 0. The molecule has 0 bridgehead atoms. The zero-order valence-electron chi connectivity index (χ0n) is 44.8. The van der Waals surface area contributed by atoms with Crippen LogP contribution in [0.1, 0.15) is 265 Å². The summed E-state index contributed by atoms with van der Waals surface area (Å²) in [5.41, 5.74) is 0. The van der Waals surface area contributed by atoms with E-state index in [1.165, 1.54) is 135 Å². The number of carbonyl (C=O) groups excluding carboxylic acids is 2. The number of rotatable bonds is 52. The average Bonchev–Trinajstić information content (AvgIpc) is 3.34. The predicted octanol–water partition coefficient (Wildman–Crippen LogP) is 19.8. The molecule has 0 aromatic carbocycles. The molecule has 0 saturated carbocycles. The SMILES string of the molecule is CC/C=C\C/C=C\C/C=C\C/C=C\C/C=C\CCCCCC(=O)O[C@H](COCCCCCCCCCCCCCCCCCC)COC(=O)CCC/C=C\C/C=C\C/C=C\CCCCCCCC. The summed E-state index contributed by atoms with van der Waals surface area (Å²) in [6, 6.07) is 0. The van der Waals surface area contributed by atoms with Crippen LogP contribution >= 0.6 is 0 Å². The van der Waals surface area contributed by atoms with Crippen LogP contribution in [0.5, 0.6) is 0 Å². The van der Waals surface area contributed by atoms with E-state index in [4.69, 9.17) is 14.2 Å². The summed E-state index contributed by atoms with van der Waals surface area (Å²) in [4.78, 5) is 25.5. The maximum absolute atomic E-state index is 12.9. The molecular weight excluding hydrogens is 837 g/mol. The van der Waals surface area contributed by atoms with Crippen LogP contribution in [0.15, 0.2) is 97.2 Å². The second-order valence-electron chi connectivity index (χ2n) is 18.8. The minimum Gasteiger partial charge on any atom is -0.462 e. The molecule has 0 amide bonds. The van der Waals surface area contributed by atoms with E-state index < -0.39 is 6.10 Å². The second kappa shape index (κ2) is 58.1. The van der Waals surface area contributed by atoms with Gasteiger partial charge in [-0.15, -0.1) is 0 Å². The highest BCUT2D eigenvalue weighted by Crippen LogP contribution is 2.15. The highest BCUT2D eigenvalue weighted by Gasteiger charge is 2.17. The van der Waals surface area contributed by atoms with Gasteiger partial charge in [0.1, 0.15) is 6.61 Å². The molecule has 0 aliphatic heterocycles. The molecule has 0 saturated heterocycles. The van der Waals surface area contributed by atoms with Crippen molar-refractivity contribution in [1.82, 2.24) is 0 Å². The molecule has 390 valence electrons. The van der Waals surface area contributed by atoms with Crippen LogP contribution in [0.4, 0.5) is 0 Å². The van der Waals surface area contributed by atoms with Crippen LogP contribution in [0.3, 0.4) is 0 Å². The third-order valence-corrected chi connectivity index (χ3v) is 12.1. The van der Waals surface area contributed by atoms with E-state index in [0.717, 1.165) is 96.3 Å². The Balaban J connectivity index is 4.42. The van der Waals surface area contributed by atoms with Crippen molar-refractivity contribution in [3.05, 3.63) is 97.2 Å². The first-order chi connectivity index (χ1) is 33.6. The summed E-state index contributed by atoms with van der Waals surface area (Å²) in [7, 11) is 0. The Morgan fingerprint density at radius 2 is 0.676 bits per heavy atom. The monoisotopic (exact) mass is 945 g/mol. The van der Waals surface area contributed by atoms with E-state index >= 15 is 0 Å². The zero-order chi connectivity index (χ0) is 49.2. The Bertz CT molecular complexity index is 1300. The molecule has 0 spiro atoms. The fourth-order valence-corrected chi connectivity index (χ4v) is 7.85. The molecule has 0 N–H and O–H groups in total. The van der Waals surface area contributed by atoms with Gasteiger partial charge in [-0.25, -0.2) is 0 Å². The van der Waals surface area contributed by atoms with Crippen molar-refractivity contribution < 1.29 is 23.8 Å². The van der Waals surface area contributed by atoms with E-state index in [9.17, 15) is 9.59 Å². The Kier molecular flexibility index (Phi) is 55.4. The third-order valence-electron chi connectivity index (χ3n) is 12.1. The minimum absolute atomic E-state index is 0.0433. The normalized spacial score (nSPS) is 12.9. The number of allylic oxidation sites excluding steroid dienone is 16. The first-order valence-corrected chi connectivity index (χ1v) is 28.8. The van der Waals surface area contributed by atoms with Crippen molar-refractivity contribution in [2.45, 2.75) is 271 Å². The van der Waals surface area contributed by atoms with Gasteiger partial charge < -0.3 is 14.2 Å². The van der Waals surface area contributed by atoms with E-state index in [1.807, 2.05) is 0 Å². The van der Waals surface area contributed by atoms with Crippen LogP contribution < -0.4 is 0 Å². The lowest BCUT2D eigenvalue weighted by atomic mass is 10.0. The zero-order valence-corrected chi connectivity index (χ0v) is 44.8. The number of esters is 2. The minimum atomic E-state index is -0.578. The van der Waals surface area contributed by atoms with Crippen molar-refractivity contribution in [2.24, 2.45) is 0 Å². The molecule has 0 fully saturated rings. The molecule has 68 heavy (non-hydrogen) atoms. The van der Waals surface area contributed by atoms with E-state index in [0.29, 0.717) is 19.4 Å². The average molecular weight is 946 g/mol. The molecule has 0 aromatic heterocycles. The molecule has 0 aromatic rings. The van der Waals surface area contributed by atoms with Gasteiger partial charge >= 0.3 is 11.9 Å². The quantitative estimate of drug-likeness (QED) is 0.0345. The van der Waals surface area contributed by atoms with Gasteiger partial charge in [-0.2, -0.15) is 0 Å². The molecular formula is C63H108O5. The number of unbranched alkanes of at least 4 members (excludes halogenated alkanes) is 25. The summed E-state index contributed by atoms with van der Waals surface area (Å²) >= 11 is 0. The van der Waals surface area contributed by atoms with Crippen molar-refractivity contribution in [1.29, 1.82) is 0 Å². The van der Waals surface area contributed by atoms with Crippen molar-refractivity contribution >= 4 is 11.9 Å². The van der Waals surface area contributed by atoms with Gasteiger partial charge in [-0.3, -0.25) is 9.59 Å². The maximum Gasteiger partial charge on any atom is 0.306 e. The van der Waals surface area contributed by atoms with Crippen LogP contribution in [0.2, 0.25) is 0 Å². The van der Waals surface area contributed by atoms with E-state index in [1.54, 1.807) is 0 Å². The lowest BCUT2D eigenvalue weighted by molar-refractivity contribution is -0.163. The van der Waals surface area contributed by atoms with Gasteiger partial charge in [0.15, 0.2) is 6.10 Å². The highest BCUT2D eigenvalue weighted by molar-refractivity contribution is 5.70. The van der Waals surface area contributed by atoms with Crippen molar-refractivity contribution in [3.63, 3.8) is 0 Å². The smallest absolute Gasteiger partial charge is 0.306 e. The summed E-state index contributed by atoms with van der Waals surface area (Å²) < 4.78 is 17.4. The largest absolute Gasteiger partial charge is 0.462 e. The van der Waals surface area contributed by atoms with E-state index in [2.05, 4.69) is 118 Å². The number of hydrogen-bond acceptors (Lipinski definition) is 5. The molecule has 0 heterocycles. The first-order valence-electron chi connectivity index (χ1n) is 28.8. The molecule has 0 radical (unpaired) electrons. The molecule has 5 heteroatoms. The number of ether oxygens (including phenoxy) is 3. The molecule has 5 nitrogen and oxygen atoms in total. The topological polar surface area (TPSA) is 61.8 Å². The molecule has 1 atom stereocenters. The Hall–Kier alpha value is -3.18.